The van der Waals surface area contributed by atoms with Crippen LogP contribution in [0.2, 0.25) is 0 Å². The third kappa shape index (κ3) is 1.64. The minimum Gasteiger partial charge on any atom is -0.352 e. The second-order valence-electron chi connectivity index (χ2n) is 3.12. The van der Waals surface area contributed by atoms with Gasteiger partial charge in [-0.05, 0) is 22.5 Å². The molecule has 0 N–H and O–H groups in total. The van der Waals surface area contributed by atoms with Crippen LogP contribution in [0.25, 0.3) is 21.8 Å². The molecule has 3 aromatic rings. The second kappa shape index (κ2) is 4.05. The Bertz CT molecular complexity index is 553. The molecule has 0 amide bonds. The van der Waals surface area contributed by atoms with Gasteiger partial charge in [0.1, 0.15) is 0 Å². The van der Waals surface area contributed by atoms with E-state index in [1.54, 1.807) is 12.4 Å². The van der Waals surface area contributed by atoms with Crippen molar-refractivity contribution in [1.82, 2.24) is 9.97 Å². The van der Waals surface area contributed by atoms with E-state index >= 15 is 0 Å². The summed E-state index contributed by atoms with van der Waals surface area (Å²) in [4.78, 5) is 8.60. The number of fused-ring (bicyclic) bond motifs is 3. The van der Waals surface area contributed by atoms with Gasteiger partial charge in [0.25, 0.3) is 0 Å². The molecule has 0 atom stereocenters. The Hall–Kier alpha value is -1.31. The van der Waals surface area contributed by atoms with Gasteiger partial charge in [0.2, 0.25) is 0 Å². The van der Waals surface area contributed by atoms with Crippen LogP contribution in [0.4, 0.5) is 0 Å². The number of rotatable bonds is 0. The number of nitrogens with zero attached hydrogens (tertiary/aromatic N) is 2. The van der Waals surface area contributed by atoms with Crippen molar-refractivity contribution in [2.45, 2.75) is 0 Å². The largest absolute Gasteiger partial charge is 0.352 e. The van der Waals surface area contributed by atoms with E-state index in [1.807, 2.05) is 30.3 Å². The van der Waals surface area contributed by atoms with Gasteiger partial charge in [-0.25, -0.2) is 0 Å². The zero-order chi connectivity index (χ0) is 9.38. The van der Waals surface area contributed by atoms with Crippen molar-refractivity contribution in [3.8, 4) is 0 Å². The van der Waals surface area contributed by atoms with Gasteiger partial charge in [0.15, 0.2) is 0 Å². The molecular weight excluding hydrogens is 364 g/mol. The van der Waals surface area contributed by atoms with E-state index < -0.39 is 0 Å². The Balaban J connectivity index is 0.000000853. The topological polar surface area (TPSA) is 25.8 Å². The maximum Gasteiger partial charge on any atom is 0.0161 e. The molecule has 3 heteroatoms. The third-order valence-electron chi connectivity index (χ3n) is 2.27. The molecule has 2 nitrogen and oxygen atoms in total. The van der Waals surface area contributed by atoms with Crippen LogP contribution < -0.4 is 0 Å². The number of hydrogen-bond acceptors (Lipinski definition) is 2. The summed E-state index contributed by atoms with van der Waals surface area (Å²) in [5.41, 5.74) is 1.91. The smallest absolute Gasteiger partial charge is 0.0161 e. The summed E-state index contributed by atoms with van der Waals surface area (Å²) >= 11 is 0. The van der Waals surface area contributed by atoms with Crippen molar-refractivity contribution >= 4 is 21.8 Å². The van der Waals surface area contributed by atoms with Crippen molar-refractivity contribution < 1.29 is 20.1 Å². The average Bonchev–Trinajstić information content (AvgIpc) is 2.29. The Labute approximate surface area is 101 Å². The van der Waals surface area contributed by atoms with Crippen molar-refractivity contribution in [3.05, 3.63) is 48.8 Å². The first kappa shape index (κ1) is 10.2. The summed E-state index contributed by atoms with van der Waals surface area (Å²) in [6, 6.07) is 13.0. The van der Waals surface area contributed by atoms with Crippen molar-refractivity contribution in [3.63, 3.8) is 0 Å². The Morgan fingerprint density at radius 2 is 1.93 bits per heavy atom. The molecule has 0 spiro atoms. The first-order chi connectivity index (χ1) is 6.95. The molecule has 15 heavy (non-hydrogen) atoms. The molecule has 2 heterocycles. The normalized spacial score (nSPS) is 10.1. The van der Waals surface area contributed by atoms with Gasteiger partial charge in [0.05, 0.1) is 0 Å². The van der Waals surface area contributed by atoms with Crippen LogP contribution >= 0.6 is 0 Å². The molecule has 0 bridgehead atoms. The van der Waals surface area contributed by atoms with Crippen LogP contribution in [0.5, 0.6) is 0 Å². The van der Waals surface area contributed by atoms with Crippen molar-refractivity contribution in [1.29, 1.82) is 0 Å². The molecule has 0 aliphatic carbocycles. The van der Waals surface area contributed by atoms with Gasteiger partial charge in [0, 0.05) is 26.3 Å². The van der Waals surface area contributed by atoms with E-state index in [-0.39, 0.29) is 20.1 Å². The number of aromatic nitrogens is 2. The summed E-state index contributed by atoms with van der Waals surface area (Å²) < 4.78 is 0. The minimum atomic E-state index is 0. The van der Waals surface area contributed by atoms with Crippen LogP contribution in [-0.2, 0) is 20.1 Å². The van der Waals surface area contributed by atoms with Crippen LogP contribution in [0.15, 0.2) is 42.7 Å². The first-order valence-electron chi connectivity index (χ1n) is 4.45. The third-order valence-corrected chi connectivity index (χ3v) is 2.27. The van der Waals surface area contributed by atoms with E-state index in [1.165, 1.54) is 0 Å². The Morgan fingerprint density at radius 3 is 2.87 bits per heavy atom. The zero-order valence-electron chi connectivity index (χ0n) is 7.77. The fourth-order valence-corrected chi connectivity index (χ4v) is 1.62. The Morgan fingerprint density at radius 1 is 1.00 bits per heavy atom. The zero-order valence-corrected chi connectivity index (χ0v) is 10.2. The maximum atomic E-state index is 4.34. The first-order valence-corrected chi connectivity index (χ1v) is 4.45. The van der Waals surface area contributed by atoms with E-state index in [9.17, 15) is 0 Å². The molecule has 0 saturated carbocycles. The molecule has 0 saturated heterocycles. The summed E-state index contributed by atoms with van der Waals surface area (Å²) in [5.74, 6) is 0. The summed E-state index contributed by atoms with van der Waals surface area (Å²) in [7, 11) is 0. The standard InChI is InChI=1S/C12H7N2.Ir/c1-3-9-5-6-11-10(4-2-7-13-11)12(9)14-8-1;/h1-3,5-8H;/q-1;. The predicted octanol–water partition coefficient (Wildman–Crippen LogP) is 2.58. The van der Waals surface area contributed by atoms with Crippen LogP contribution in [0.3, 0.4) is 0 Å². The molecule has 0 unspecified atom stereocenters. The van der Waals surface area contributed by atoms with E-state index in [0.29, 0.717) is 0 Å². The van der Waals surface area contributed by atoms with Crippen LogP contribution in [0.1, 0.15) is 0 Å². The van der Waals surface area contributed by atoms with Crippen LogP contribution in [-0.4, -0.2) is 9.97 Å². The second-order valence-corrected chi connectivity index (χ2v) is 3.12. The van der Waals surface area contributed by atoms with E-state index in [4.69, 9.17) is 0 Å². The monoisotopic (exact) mass is 372 g/mol. The van der Waals surface area contributed by atoms with Crippen molar-refractivity contribution in [2.24, 2.45) is 0 Å². The molecule has 75 valence electrons. The molecule has 0 aliphatic heterocycles. The SMILES string of the molecule is [Ir].[c-]1ccnc2ccc3cccnc3c12. The molecule has 0 aliphatic rings. The summed E-state index contributed by atoms with van der Waals surface area (Å²) in [5, 5.41) is 2.12. The quantitative estimate of drug-likeness (QED) is 0.448. The summed E-state index contributed by atoms with van der Waals surface area (Å²) in [6.07, 6.45) is 3.54. The number of hydrogen-bond donors (Lipinski definition) is 0. The fourth-order valence-electron chi connectivity index (χ4n) is 1.62. The Kier molecular flexibility index (Phi) is 2.76. The van der Waals surface area contributed by atoms with Gasteiger partial charge >= 0.3 is 0 Å². The van der Waals surface area contributed by atoms with Gasteiger partial charge < -0.3 is 9.97 Å². The van der Waals surface area contributed by atoms with Gasteiger partial charge in [-0.1, -0.05) is 29.8 Å². The van der Waals surface area contributed by atoms with Gasteiger partial charge in [-0.2, -0.15) is 0 Å². The van der Waals surface area contributed by atoms with Gasteiger partial charge in [-0.15, -0.1) is 12.1 Å². The molecule has 0 fully saturated rings. The minimum absolute atomic E-state index is 0. The van der Waals surface area contributed by atoms with Crippen LogP contribution in [0, 0.1) is 6.07 Å². The van der Waals surface area contributed by atoms with E-state index in [0.717, 1.165) is 21.8 Å². The number of pyridine rings is 2. The van der Waals surface area contributed by atoms with Gasteiger partial charge in [-0.3, -0.25) is 0 Å². The molecule has 3 rings (SSSR count). The molecule has 2 aromatic heterocycles. The van der Waals surface area contributed by atoms with E-state index in [2.05, 4.69) is 16.0 Å². The molecule has 1 radical (unpaired) electrons. The fraction of sp³-hybridized carbons (Fsp3) is 0. The number of benzene rings is 1. The maximum absolute atomic E-state index is 4.34. The van der Waals surface area contributed by atoms with Crippen molar-refractivity contribution in [2.75, 3.05) is 0 Å². The average molecular weight is 371 g/mol. The summed E-state index contributed by atoms with van der Waals surface area (Å²) in [6.45, 7) is 0. The predicted molar refractivity (Wildman–Crippen MR) is 55.9 cm³/mol. The molecule has 1 aromatic carbocycles. The molecular formula is C12H7IrN2-.